The Morgan fingerprint density at radius 1 is 1.29 bits per heavy atom. The molecule has 0 bridgehead atoms. The number of fused-ring (bicyclic) bond motifs is 1. The molecular weight excluding hydrogens is 354 g/mol. The van der Waals surface area contributed by atoms with Crippen LogP contribution in [-0.4, -0.2) is 61.6 Å². The molecule has 0 atom stereocenters. The Balaban J connectivity index is 1.71. The average molecular weight is 381 g/mol. The fraction of sp³-hybridized carbons (Fsp3) is 0.455. The number of nitriles is 1. The summed E-state index contributed by atoms with van der Waals surface area (Å²) in [7, 11) is 0. The normalized spacial score (nSPS) is 15.1. The number of ether oxygens (including phenoxy) is 1. The van der Waals surface area contributed by atoms with Gasteiger partial charge in [-0.2, -0.15) is 5.26 Å². The lowest BCUT2D eigenvalue weighted by molar-refractivity contribution is -0.126. The van der Waals surface area contributed by atoms with Gasteiger partial charge in [0, 0.05) is 56.2 Å². The maximum absolute atomic E-state index is 12.8. The monoisotopic (exact) mass is 381 g/mol. The second-order valence-corrected chi connectivity index (χ2v) is 6.81. The quantitative estimate of drug-likeness (QED) is 0.657. The van der Waals surface area contributed by atoms with Gasteiger partial charge in [0.15, 0.2) is 0 Å². The van der Waals surface area contributed by atoms with Gasteiger partial charge in [-0.15, -0.1) is 0 Å². The van der Waals surface area contributed by atoms with Crippen LogP contribution < -0.4 is 0 Å². The van der Waals surface area contributed by atoms with Crippen molar-refractivity contribution >= 4 is 23.0 Å². The van der Waals surface area contributed by atoms with Crippen molar-refractivity contribution in [2.45, 2.75) is 19.8 Å². The minimum absolute atomic E-state index is 0.0733. The maximum atomic E-state index is 12.8. The zero-order valence-corrected chi connectivity index (χ0v) is 16.4. The zero-order chi connectivity index (χ0) is 19.8. The Bertz CT molecular complexity index is 860. The van der Waals surface area contributed by atoms with Crippen LogP contribution in [-0.2, 0) is 16.0 Å². The van der Waals surface area contributed by atoms with Crippen molar-refractivity contribution < 1.29 is 13.9 Å². The summed E-state index contributed by atoms with van der Waals surface area (Å²) < 4.78 is 11.3. The molecule has 6 nitrogen and oxygen atoms in total. The van der Waals surface area contributed by atoms with Crippen LogP contribution in [0.15, 0.2) is 34.8 Å². The molecule has 1 amide bonds. The fourth-order valence-electron chi connectivity index (χ4n) is 3.43. The molecule has 6 heteroatoms. The second-order valence-electron chi connectivity index (χ2n) is 6.81. The van der Waals surface area contributed by atoms with E-state index in [0.29, 0.717) is 19.5 Å². The van der Waals surface area contributed by atoms with Gasteiger partial charge in [-0.25, -0.2) is 0 Å². The molecule has 0 radical (unpaired) electrons. The summed E-state index contributed by atoms with van der Waals surface area (Å²) in [6.07, 6.45) is 4.55. The minimum atomic E-state index is -0.0733. The van der Waals surface area contributed by atoms with E-state index in [-0.39, 0.29) is 5.91 Å². The SMILES string of the molecule is CCc1oc2ccccc2c1/C=C/C(=O)N(CCC#N)CCN1CCOCC1. The number of aryl methyl sites for hydroxylation is 1. The van der Waals surface area contributed by atoms with E-state index in [1.54, 1.807) is 11.0 Å². The molecule has 0 unspecified atom stereocenters. The number of hydrogen-bond donors (Lipinski definition) is 0. The van der Waals surface area contributed by atoms with Crippen LogP contribution >= 0.6 is 0 Å². The summed E-state index contributed by atoms with van der Waals surface area (Å²) in [6, 6.07) is 10.00. The van der Waals surface area contributed by atoms with Crippen LogP contribution in [0.3, 0.4) is 0 Å². The van der Waals surface area contributed by atoms with E-state index in [2.05, 4.69) is 11.0 Å². The molecule has 0 saturated carbocycles. The number of para-hydroxylation sites is 1. The number of nitrogens with zero attached hydrogens (tertiary/aromatic N) is 3. The zero-order valence-electron chi connectivity index (χ0n) is 16.4. The van der Waals surface area contributed by atoms with Gasteiger partial charge in [0.25, 0.3) is 0 Å². The van der Waals surface area contributed by atoms with Gasteiger partial charge in [0.1, 0.15) is 11.3 Å². The molecular formula is C22H27N3O3. The van der Waals surface area contributed by atoms with E-state index >= 15 is 0 Å². The summed E-state index contributed by atoms with van der Waals surface area (Å²) in [4.78, 5) is 16.9. The Kier molecular flexibility index (Phi) is 7.24. The van der Waals surface area contributed by atoms with E-state index in [9.17, 15) is 4.79 Å². The lowest BCUT2D eigenvalue weighted by Gasteiger charge is -2.29. The number of amides is 1. The number of carbonyl (C=O) groups excluding carboxylic acids is 1. The van der Waals surface area contributed by atoms with E-state index < -0.39 is 0 Å². The van der Waals surface area contributed by atoms with Crippen molar-refractivity contribution in [1.82, 2.24) is 9.80 Å². The van der Waals surface area contributed by atoms with Gasteiger partial charge in [0.2, 0.25) is 5.91 Å². The number of hydrogen-bond acceptors (Lipinski definition) is 5. The number of furan rings is 1. The molecule has 1 fully saturated rings. The third-order valence-electron chi connectivity index (χ3n) is 5.02. The number of morpholine rings is 1. The topological polar surface area (TPSA) is 69.7 Å². The Morgan fingerprint density at radius 3 is 2.82 bits per heavy atom. The van der Waals surface area contributed by atoms with Gasteiger partial charge < -0.3 is 14.1 Å². The molecule has 3 rings (SSSR count). The fourth-order valence-corrected chi connectivity index (χ4v) is 3.43. The highest BCUT2D eigenvalue weighted by atomic mass is 16.5. The van der Waals surface area contributed by atoms with Crippen molar-refractivity contribution in [3.8, 4) is 6.07 Å². The third kappa shape index (κ3) is 5.00. The highest BCUT2D eigenvalue weighted by Gasteiger charge is 2.16. The Hall–Kier alpha value is -2.62. The Labute approximate surface area is 166 Å². The smallest absolute Gasteiger partial charge is 0.246 e. The van der Waals surface area contributed by atoms with Crippen molar-refractivity contribution in [1.29, 1.82) is 5.26 Å². The highest BCUT2D eigenvalue weighted by molar-refractivity contribution is 5.96. The summed E-state index contributed by atoms with van der Waals surface area (Å²) in [5, 5.41) is 9.95. The predicted octanol–water partition coefficient (Wildman–Crippen LogP) is 3.08. The molecule has 2 heterocycles. The maximum Gasteiger partial charge on any atom is 0.246 e. The first-order chi connectivity index (χ1) is 13.7. The molecule has 1 aromatic heterocycles. The van der Waals surface area contributed by atoms with Crippen molar-refractivity contribution in [3.05, 3.63) is 41.7 Å². The molecule has 1 aromatic carbocycles. The van der Waals surface area contributed by atoms with E-state index in [1.807, 2.05) is 37.3 Å². The summed E-state index contributed by atoms with van der Waals surface area (Å²) in [6.45, 7) is 7.13. The van der Waals surface area contributed by atoms with Crippen LogP contribution in [0, 0.1) is 11.3 Å². The van der Waals surface area contributed by atoms with E-state index in [1.165, 1.54) is 0 Å². The molecule has 1 saturated heterocycles. The third-order valence-corrected chi connectivity index (χ3v) is 5.02. The second kappa shape index (κ2) is 10.1. The molecule has 0 N–H and O–H groups in total. The van der Waals surface area contributed by atoms with Crippen LogP contribution in [0.5, 0.6) is 0 Å². The van der Waals surface area contributed by atoms with Crippen molar-refractivity contribution in [2.24, 2.45) is 0 Å². The standard InChI is InChI=1S/C22H27N3O3/c1-2-20-19(18-6-3-4-7-21(18)28-20)8-9-22(26)25(11-5-10-23)13-12-24-14-16-27-17-15-24/h3-4,6-9H,2,5,11-17H2,1H3/b9-8+. The van der Waals surface area contributed by atoms with Gasteiger partial charge in [-0.05, 0) is 12.1 Å². The number of rotatable bonds is 8. The first-order valence-corrected chi connectivity index (χ1v) is 9.87. The predicted molar refractivity (Wildman–Crippen MR) is 109 cm³/mol. The molecule has 28 heavy (non-hydrogen) atoms. The van der Waals surface area contributed by atoms with Crippen molar-refractivity contribution in [3.63, 3.8) is 0 Å². The van der Waals surface area contributed by atoms with Gasteiger partial charge in [-0.1, -0.05) is 25.1 Å². The largest absolute Gasteiger partial charge is 0.460 e. The van der Waals surface area contributed by atoms with Crippen LogP contribution in [0.1, 0.15) is 24.7 Å². The van der Waals surface area contributed by atoms with Gasteiger partial charge in [-0.3, -0.25) is 9.69 Å². The Morgan fingerprint density at radius 2 is 2.07 bits per heavy atom. The average Bonchev–Trinajstić information content (AvgIpc) is 3.10. The molecule has 2 aromatic rings. The molecule has 148 valence electrons. The van der Waals surface area contributed by atoms with Crippen LogP contribution in [0.25, 0.3) is 17.0 Å². The summed E-state index contributed by atoms with van der Waals surface area (Å²) >= 11 is 0. The van der Waals surface area contributed by atoms with Crippen LogP contribution in [0.4, 0.5) is 0 Å². The van der Waals surface area contributed by atoms with Gasteiger partial charge in [0.05, 0.1) is 25.7 Å². The first kappa shape index (κ1) is 20.1. The first-order valence-electron chi connectivity index (χ1n) is 9.87. The van der Waals surface area contributed by atoms with Crippen LogP contribution in [0.2, 0.25) is 0 Å². The number of carbonyl (C=O) groups is 1. The summed E-state index contributed by atoms with van der Waals surface area (Å²) in [5.74, 6) is 0.804. The number of benzene rings is 1. The van der Waals surface area contributed by atoms with E-state index in [4.69, 9.17) is 14.4 Å². The minimum Gasteiger partial charge on any atom is -0.460 e. The lowest BCUT2D eigenvalue weighted by atomic mass is 10.1. The highest BCUT2D eigenvalue weighted by Crippen LogP contribution is 2.27. The van der Waals surface area contributed by atoms with E-state index in [0.717, 1.165) is 61.6 Å². The molecule has 1 aliphatic heterocycles. The molecule has 0 spiro atoms. The molecule has 0 aliphatic carbocycles. The molecule has 1 aliphatic rings. The van der Waals surface area contributed by atoms with Crippen molar-refractivity contribution in [2.75, 3.05) is 45.9 Å². The summed E-state index contributed by atoms with van der Waals surface area (Å²) in [5.41, 5.74) is 1.79. The van der Waals surface area contributed by atoms with Gasteiger partial charge >= 0.3 is 0 Å². The lowest BCUT2D eigenvalue weighted by Crippen LogP contribution is -2.43.